The minimum Gasteiger partial charge on any atom is -0.454 e. The fourth-order valence-corrected chi connectivity index (χ4v) is 5.60. The van der Waals surface area contributed by atoms with Gasteiger partial charge >= 0.3 is 18.4 Å². The van der Waals surface area contributed by atoms with E-state index in [9.17, 15) is 39.2 Å². The smallest absolute Gasteiger partial charge is 0.422 e. The Morgan fingerprint density at radius 3 is 2.19 bits per heavy atom. The normalized spacial score (nSPS) is 15.5. The number of hydrogen-bond acceptors (Lipinski definition) is 8. The van der Waals surface area contributed by atoms with E-state index in [4.69, 9.17) is 0 Å². The minimum absolute atomic E-state index is 0.122. The quantitative estimate of drug-likeness (QED) is 0.313. The molecule has 2 aromatic carbocycles. The summed E-state index contributed by atoms with van der Waals surface area (Å²) in [7, 11) is -3.76. The summed E-state index contributed by atoms with van der Waals surface area (Å²) in [6.45, 7) is 2.17. The lowest BCUT2D eigenvalue weighted by Gasteiger charge is -2.31. The maximum absolute atomic E-state index is 14.4. The molecule has 0 unspecified atom stereocenters. The van der Waals surface area contributed by atoms with Gasteiger partial charge in [0.2, 0.25) is 21.9 Å². The molecule has 0 saturated carbocycles. The van der Waals surface area contributed by atoms with Gasteiger partial charge < -0.3 is 15.4 Å². The van der Waals surface area contributed by atoms with Crippen molar-refractivity contribution in [2.75, 3.05) is 30.3 Å². The second-order valence-corrected chi connectivity index (χ2v) is 11.5. The zero-order chi connectivity index (χ0) is 30.9. The molecule has 3 aromatic rings. The first kappa shape index (κ1) is 31.2. The highest BCUT2D eigenvalue weighted by Gasteiger charge is 2.33. The van der Waals surface area contributed by atoms with Gasteiger partial charge in [0.15, 0.2) is 6.61 Å². The first-order chi connectivity index (χ1) is 19.5. The molecular weight excluding hydrogens is 597 g/mol. The van der Waals surface area contributed by atoms with E-state index in [1.54, 1.807) is 19.1 Å². The van der Waals surface area contributed by atoms with Gasteiger partial charge in [-0.1, -0.05) is 6.07 Å². The molecule has 1 aromatic heterocycles. The first-order valence-corrected chi connectivity index (χ1v) is 13.9. The topological polar surface area (TPSA) is 109 Å². The van der Waals surface area contributed by atoms with E-state index in [0.717, 1.165) is 17.2 Å². The van der Waals surface area contributed by atoms with E-state index < -0.39 is 64.1 Å². The lowest BCUT2D eigenvalue weighted by Crippen LogP contribution is -2.42. The van der Waals surface area contributed by atoms with Crippen LogP contribution in [-0.4, -0.2) is 59.6 Å². The van der Waals surface area contributed by atoms with E-state index >= 15 is 0 Å². The number of piperidine rings is 1. The van der Waals surface area contributed by atoms with Crippen LogP contribution in [0.1, 0.15) is 29.5 Å². The standard InChI is InChI=1S/C25H25F7N6O3S/c1-14-3-5-18(11-15(14)2)42(39,40)38-9-7-17(8-10-38)33-21-35-22(37-23(36-21)41-13-24(27,28)29)34-20-6-4-16(12-19(20)26)25(30,31)32/h3-6,11-12,17H,7-10,13H2,1-2H3,(H2,33,34,35,36,37). The molecule has 9 nitrogen and oxygen atoms in total. The number of aromatic nitrogens is 3. The molecule has 42 heavy (non-hydrogen) atoms. The van der Waals surface area contributed by atoms with E-state index in [0.29, 0.717) is 6.07 Å². The highest BCUT2D eigenvalue weighted by molar-refractivity contribution is 7.89. The van der Waals surface area contributed by atoms with E-state index in [1.165, 1.54) is 10.4 Å². The molecule has 17 heteroatoms. The molecule has 1 saturated heterocycles. The van der Waals surface area contributed by atoms with Crippen molar-refractivity contribution < 1.29 is 43.9 Å². The molecule has 0 aliphatic carbocycles. The van der Waals surface area contributed by atoms with Crippen LogP contribution in [0.15, 0.2) is 41.3 Å². The average Bonchev–Trinajstić information content (AvgIpc) is 2.89. The molecule has 2 heterocycles. The van der Waals surface area contributed by atoms with Crippen LogP contribution in [0.3, 0.4) is 0 Å². The highest BCUT2D eigenvalue weighted by Crippen LogP contribution is 2.32. The van der Waals surface area contributed by atoms with Gasteiger partial charge in [0.25, 0.3) is 0 Å². The maximum Gasteiger partial charge on any atom is 0.422 e. The van der Waals surface area contributed by atoms with Crippen LogP contribution in [-0.2, 0) is 16.2 Å². The summed E-state index contributed by atoms with van der Waals surface area (Å²) in [4.78, 5) is 11.6. The van der Waals surface area contributed by atoms with Gasteiger partial charge in [-0.05, 0) is 68.1 Å². The fourth-order valence-electron chi connectivity index (χ4n) is 4.05. The summed E-state index contributed by atoms with van der Waals surface area (Å²) in [5, 5.41) is 5.22. The Balaban J connectivity index is 1.50. The number of sulfonamides is 1. The lowest BCUT2D eigenvalue weighted by molar-refractivity contribution is -0.154. The fraction of sp³-hybridized carbons (Fsp3) is 0.400. The number of nitrogens with zero attached hydrogens (tertiary/aromatic N) is 4. The Hall–Kier alpha value is -3.73. The summed E-state index contributed by atoms with van der Waals surface area (Å²) in [6, 6.07) is 5.27. The van der Waals surface area contributed by atoms with Crippen molar-refractivity contribution in [2.45, 2.75) is 50.0 Å². The number of alkyl halides is 6. The molecule has 1 aliphatic rings. The molecule has 2 N–H and O–H groups in total. The van der Waals surface area contributed by atoms with Crippen LogP contribution in [0.2, 0.25) is 0 Å². The Morgan fingerprint density at radius 1 is 0.929 bits per heavy atom. The average molecular weight is 623 g/mol. The number of hydrogen-bond donors (Lipinski definition) is 2. The Kier molecular flexibility index (Phi) is 8.82. The van der Waals surface area contributed by atoms with Gasteiger partial charge in [-0.15, -0.1) is 0 Å². The summed E-state index contributed by atoms with van der Waals surface area (Å²) < 4.78 is 123. The molecule has 228 valence electrons. The highest BCUT2D eigenvalue weighted by atomic mass is 32.2. The van der Waals surface area contributed by atoms with Crippen molar-refractivity contribution in [2.24, 2.45) is 0 Å². The zero-order valence-electron chi connectivity index (χ0n) is 22.1. The molecule has 0 radical (unpaired) electrons. The van der Waals surface area contributed by atoms with E-state index in [2.05, 4.69) is 30.3 Å². The third kappa shape index (κ3) is 7.76. The first-order valence-electron chi connectivity index (χ1n) is 12.4. The van der Waals surface area contributed by atoms with Gasteiger partial charge in [-0.25, -0.2) is 12.8 Å². The second kappa shape index (κ2) is 11.9. The summed E-state index contributed by atoms with van der Waals surface area (Å²) >= 11 is 0. The molecule has 1 fully saturated rings. The van der Waals surface area contributed by atoms with E-state index in [1.807, 2.05) is 6.92 Å². The Morgan fingerprint density at radius 2 is 1.60 bits per heavy atom. The van der Waals surface area contributed by atoms with Crippen LogP contribution >= 0.6 is 0 Å². The third-order valence-electron chi connectivity index (χ3n) is 6.43. The lowest BCUT2D eigenvalue weighted by atomic mass is 10.1. The van der Waals surface area contributed by atoms with Crippen LogP contribution in [0.25, 0.3) is 0 Å². The van der Waals surface area contributed by atoms with Gasteiger partial charge in [0, 0.05) is 19.1 Å². The van der Waals surface area contributed by atoms with Gasteiger partial charge in [0.1, 0.15) is 5.82 Å². The molecule has 0 spiro atoms. The zero-order valence-corrected chi connectivity index (χ0v) is 23.0. The predicted molar refractivity (Wildman–Crippen MR) is 137 cm³/mol. The Bertz CT molecular complexity index is 1540. The van der Waals surface area contributed by atoms with Crippen molar-refractivity contribution in [3.63, 3.8) is 0 Å². The monoisotopic (exact) mass is 622 g/mol. The maximum atomic E-state index is 14.4. The molecule has 0 atom stereocenters. The summed E-state index contributed by atoms with van der Waals surface area (Å²) in [5.74, 6) is -2.08. The number of aryl methyl sites for hydroxylation is 2. The number of ether oxygens (including phenoxy) is 1. The Labute approximate surface area is 236 Å². The second-order valence-electron chi connectivity index (χ2n) is 9.56. The summed E-state index contributed by atoms with van der Waals surface area (Å²) in [6.07, 6.45) is -8.96. The van der Waals surface area contributed by atoms with Crippen LogP contribution in [0.4, 0.5) is 48.3 Å². The number of benzene rings is 2. The van der Waals surface area contributed by atoms with Crippen molar-refractivity contribution in [1.29, 1.82) is 0 Å². The minimum atomic E-state index is -4.80. The molecule has 1 aliphatic heterocycles. The largest absolute Gasteiger partial charge is 0.454 e. The molecular formula is C25H25F7N6O3S. The van der Waals surface area contributed by atoms with Crippen LogP contribution in [0, 0.1) is 19.7 Å². The molecule has 0 bridgehead atoms. The van der Waals surface area contributed by atoms with Crippen LogP contribution < -0.4 is 15.4 Å². The van der Waals surface area contributed by atoms with Gasteiger partial charge in [-0.3, -0.25) is 0 Å². The number of halogens is 7. The SMILES string of the molecule is Cc1ccc(S(=O)(=O)N2CCC(Nc3nc(Nc4ccc(C(F)(F)F)cc4F)nc(OCC(F)(F)F)n3)CC2)cc1C. The summed E-state index contributed by atoms with van der Waals surface area (Å²) in [5.41, 5.74) is 0.0460. The van der Waals surface area contributed by atoms with Crippen molar-refractivity contribution in [1.82, 2.24) is 19.3 Å². The van der Waals surface area contributed by atoms with Gasteiger partial charge in [0.05, 0.1) is 16.1 Å². The van der Waals surface area contributed by atoms with Crippen molar-refractivity contribution in [3.8, 4) is 6.01 Å². The third-order valence-corrected chi connectivity index (χ3v) is 8.32. The number of nitrogens with one attached hydrogen (secondary N) is 2. The van der Waals surface area contributed by atoms with E-state index in [-0.39, 0.29) is 42.8 Å². The molecule has 4 rings (SSSR count). The predicted octanol–water partition coefficient (Wildman–Crippen LogP) is 5.60. The van der Waals surface area contributed by atoms with Gasteiger partial charge in [-0.2, -0.15) is 45.6 Å². The van der Waals surface area contributed by atoms with Crippen molar-refractivity contribution in [3.05, 3.63) is 58.9 Å². The number of anilines is 3. The molecule has 0 amide bonds. The van der Waals surface area contributed by atoms with Crippen LogP contribution in [0.5, 0.6) is 6.01 Å². The number of rotatable bonds is 8. The van der Waals surface area contributed by atoms with Crippen molar-refractivity contribution >= 4 is 27.6 Å².